The maximum Gasteiger partial charge on any atom is 0.407 e. The van der Waals surface area contributed by atoms with Crippen LogP contribution < -0.4 is 5.32 Å². The van der Waals surface area contributed by atoms with Crippen LogP contribution in [0.1, 0.15) is 49.1 Å². The van der Waals surface area contributed by atoms with Crippen molar-refractivity contribution in [1.82, 2.24) is 10.2 Å². The van der Waals surface area contributed by atoms with E-state index in [2.05, 4.69) is 17.4 Å². The van der Waals surface area contributed by atoms with Crippen molar-refractivity contribution in [3.05, 3.63) is 71.8 Å². The number of carbonyl (C=O) groups excluding carboxylic acids is 3. The Labute approximate surface area is 226 Å². The first-order chi connectivity index (χ1) is 18.9. The number of aliphatic carboxylic acids is 1. The van der Waals surface area contributed by atoms with Gasteiger partial charge in [0.15, 0.2) is 0 Å². The van der Waals surface area contributed by atoms with Crippen LogP contribution in [0.15, 0.2) is 60.7 Å². The highest BCUT2D eigenvalue weighted by Gasteiger charge is 2.36. The lowest BCUT2D eigenvalue weighted by Crippen LogP contribution is -2.46. The van der Waals surface area contributed by atoms with E-state index in [1.54, 1.807) is 17.1 Å². The van der Waals surface area contributed by atoms with Gasteiger partial charge in [-0.25, -0.2) is 9.59 Å². The Morgan fingerprint density at radius 3 is 2.36 bits per heavy atom. The van der Waals surface area contributed by atoms with E-state index in [1.165, 1.54) is 0 Å². The molecule has 0 aromatic heterocycles. The van der Waals surface area contributed by atoms with Gasteiger partial charge in [0.05, 0.1) is 18.4 Å². The molecule has 0 radical (unpaired) electrons. The Bertz CT molecular complexity index is 1240. The highest BCUT2D eigenvalue weighted by Crippen LogP contribution is 2.44. The van der Waals surface area contributed by atoms with Crippen molar-refractivity contribution in [1.29, 1.82) is 0 Å². The molecule has 1 aliphatic carbocycles. The number of esters is 1. The van der Waals surface area contributed by atoms with Crippen molar-refractivity contribution >= 4 is 23.9 Å². The Balaban J connectivity index is 1.25. The second-order valence-electron chi connectivity index (χ2n) is 10.2. The SMILES string of the molecule is O=C(O)C[C@@H]1C/C=C\C[C@H](NC(=O)OCC2c3ccccc3-c3ccccc32)C(=O)OC[C@@H]2CCCN2C1=O. The lowest BCUT2D eigenvalue weighted by molar-refractivity contribution is -0.151. The fourth-order valence-electron chi connectivity index (χ4n) is 5.78. The largest absolute Gasteiger partial charge is 0.481 e. The first-order valence-electron chi connectivity index (χ1n) is 13.4. The number of nitrogens with one attached hydrogen (secondary N) is 1. The average Bonchev–Trinajstić information content (AvgIpc) is 3.53. The number of carbonyl (C=O) groups is 4. The summed E-state index contributed by atoms with van der Waals surface area (Å²) < 4.78 is 11.1. The van der Waals surface area contributed by atoms with Crippen molar-refractivity contribution in [3.63, 3.8) is 0 Å². The van der Waals surface area contributed by atoms with E-state index in [1.807, 2.05) is 36.4 Å². The third kappa shape index (κ3) is 5.82. The number of carboxylic acids is 1. The minimum absolute atomic E-state index is 0.00303. The standard InChI is InChI=1S/C30H32N2O7/c33-27(34)16-19-8-1-6-14-26(29(36)38-17-20-9-7-15-32(20)28(19)35)31-30(37)39-18-25-23-12-4-2-10-21(23)22-11-3-5-13-24(22)25/h1-6,10-13,19-20,25-26H,7-9,14-18H2,(H,31,37)(H,33,34)/b6-1-/t19-,20-,26-/m0/s1. The molecule has 0 unspecified atom stereocenters. The van der Waals surface area contributed by atoms with Gasteiger partial charge in [0.25, 0.3) is 0 Å². The molecule has 0 spiro atoms. The molecular formula is C30H32N2O7. The summed E-state index contributed by atoms with van der Waals surface area (Å²) in [4.78, 5) is 51.8. The van der Waals surface area contributed by atoms with Gasteiger partial charge in [-0.2, -0.15) is 0 Å². The van der Waals surface area contributed by atoms with Crippen LogP contribution in [0.25, 0.3) is 11.1 Å². The summed E-state index contributed by atoms with van der Waals surface area (Å²) in [6.45, 7) is 0.618. The van der Waals surface area contributed by atoms with E-state index >= 15 is 0 Å². The van der Waals surface area contributed by atoms with Gasteiger partial charge in [0, 0.05) is 12.5 Å². The van der Waals surface area contributed by atoms with Gasteiger partial charge in [-0.1, -0.05) is 60.7 Å². The number of carboxylic acid groups (broad SMARTS) is 1. The zero-order chi connectivity index (χ0) is 27.4. The molecule has 2 aliphatic heterocycles. The fourth-order valence-corrected chi connectivity index (χ4v) is 5.78. The van der Waals surface area contributed by atoms with Crippen LogP contribution in [0, 0.1) is 5.92 Å². The minimum Gasteiger partial charge on any atom is -0.481 e. The van der Waals surface area contributed by atoms with Crippen LogP contribution in [0.4, 0.5) is 4.79 Å². The first-order valence-corrected chi connectivity index (χ1v) is 13.4. The van der Waals surface area contributed by atoms with Crippen LogP contribution in [0.2, 0.25) is 0 Å². The van der Waals surface area contributed by atoms with Crippen molar-refractivity contribution in [2.75, 3.05) is 19.8 Å². The van der Waals surface area contributed by atoms with Gasteiger partial charge < -0.3 is 24.8 Å². The van der Waals surface area contributed by atoms with Gasteiger partial charge in [0.2, 0.25) is 5.91 Å². The van der Waals surface area contributed by atoms with Crippen LogP contribution in [0.5, 0.6) is 0 Å². The molecule has 2 aromatic carbocycles. The summed E-state index contributed by atoms with van der Waals surface area (Å²) in [7, 11) is 0. The number of alkyl carbamates (subject to hydrolysis) is 1. The maximum absolute atomic E-state index is 13.0. The topological polar surface area (TPSA) is 122 Å². The maximum atomic E-state index is 13.0. The Morgan fingerprint density at radius 1 is 1.00 bits per heavy atom. The zero-order valence-electron chi connectivity index (χ0n) is 21.6. The van der Waals surface area contributed by atoms with Gasteiger partial charge in [-0.3, -0.25) is 9.59 Å². The molecule has 5 rings (SSSR count). The highest BCUT2D eigenvalue weighted by atomic mass is 16.6. The summed E-state index contributed by atoms with van der Waals surface area (Å²) in [5, 5.41) is 11.9. The number of fused-ring (bicyclic) bond motifs is 4. The number of nitrogens with zero attached hydrogens (tertiary/aromatic N) is 1. The van der Waals surface area contributed by atoms with E-state index in [4.69, 9.17) is 9.47 Å². The van der Waals surface area contributed by atoms with Gasteiger partial charge in [-0.15, -0.1) is 0 Å². The third-order valence-electron chi connectivity index (χ3n) is 7.73. The van der Waals surface area contributed by atoms with Crippen LogP contribution in [0.3, 0.4) is 0 Å². The van der Waals surface area contributed by atoms with E-state index in [0.717, 1.165) is 28.7 Å². The van der Waals surface area contributed by atoms with E-state index < -0.39 is 30.0 Å². The molecule has 1 saturated heterocycles. The molecule has 0 bridgehead atoms. The molecular weight excluding hydrogens is 500 g/mol. The van der Waals surface area contributed by atoms with E-state index in [0.29, 0.717) is 13.0 Å². The van der Waals surface area contributed by atoms with Gasteiger partial charge >= 0.3 is 18.0 Å². The number of ether oxygens (including phenoxy) is 2. The van der Waals surface area contributed by atoms with Gasteiger partial charge in [0.1, 0.15) is 19.3 Å². The molecule has 2 aromatic rings. The molecule has 3 atom stereocenters. The monoisotopic (exact) mass is 532 g/mol. The molecule has 39 heavy (non-hydrogen) atoms. The number of cyclic esters (lactones) is 1. The lowest BCUT2D eigenvalue weighted by atomic mass is 9.98. The summed E-state index contributed by atoms with van der Waals surface area (Å²) >= 11 is 0. The molecule has 204 valence electrons. The third-order valence-corrected chi connectivity index (χ3v) is 7.73. The summed E-state index contributed by atoms with van der Waals surface area (Å²) in [5.74, 6) is -2.67. The lowest BCUT2D eigenvalue weighted by Gasteiger charge is -2.29. The van der Waals surface area contributed by atoms with Crippen molar-refractivity contribution < 1.29 is 33.8 Å². The quantitative estimate of drug-likeness (QED) is 0.443. The highest BCUT2D eigenvalue weighted by molar-refractivity contribution is 5.84. The predicted octanol–water partition coefficient (Wildman–Crippen LogP) is 3.87. The fraction of sp³-hybridized carbons (Fsp3) is 0.400. The normalized spacial score (nSPS) is 23.9. The molecule has 3 aliphatic rings. The molecule has 2 amide bonds. The van der Waals surface area contributed by atoms with Crippen molar-refractivity contribution in [2.24, 2.45) is 5.92 Å². The van der Waals surface area contributed by atoms with Gasteiger partial charge in [-0.05, 0) is 47.9 Å². The molecule has 2 heterocycles. The summed E-state index contributed by atoms with van der Waals surface area (Å²) in [6.07, 6.45) is 4.16. The Morgan fingerprint density at radius 2 is 1.67 bits per heavy atom. The van der Waals surface area contributed by atoms with Crippen LogP contribution >= 0.6 is 0 Å². The predicted molar refractivity (Wildman–Crippen MR) is 142 cm³/mol. The molecule has 1 fully saturated rings. The number of hydrogen-bond donors (Lipinski definition) is 2. The number of rotatable bonds is 5. The van der Waals surface area contributed by atoms with E-state index in [9.17, 15) is 24.3 Å². The zero-order valence-corrected chi connectivity index (χ0v) is 21.6. The minimum atomic E-state index is -1.04. The molecule has 9 nitrogen and oxygen atoms in total. The number of allylic oxidation sites excluding steroid dienone is 1. The average molecular weight is 533 g/mol. The summed E-state index contributed by atoms with van der Waals surface area (Å²) in [6, 6.07) is 14.8. The number of amides is 2. The smallest absolute Gasteiger partial charge is 0.407 e. The molecule has 2 N–H and O–H groups in total. The van der Waals surface area contributed by atoms with Crippen LogP contribution in [-0.2, 0) is 23.9 Å². The second kappa shape index (κ2) is 11.7. The first kappa shape index (κ1) is 26.5. The van der Waals surface area contributed by atoms with E-state index in [-0.39, 0.29) is 50.3 Å². The van der Waals surface area contributed by atoms with Crippen LogP contribution in [-0.4, -0.2) is 65.8 Å². The number of benzene rings is 2. The van der Waals surface area contributed by atoms with Crippen molar-refractivity contribution in [3.8, 4) is 11.1 Å². The molecule has 0 saturated carbocycles. The molecule has 9 heteroatoms. The number of hydrogen-bond acceptors (Lipinski definition) is 6. The Kier molecular flexibility index (Phi) is 7.95. The van der Waals surface area contributed by atoms with Crippen molar-refractivity contribution in [2.45, 2.75) is 50.1 Å². The second-order valence-corrected chi connectivity index (χ2v) is 10.2. The summed E-state index contributed by atoms with van der Waals surface area (Å²) in [5.41, 5.74) is 4.42. The Hall–Kier alpha value is -4.14.